The standard InChI is InChI=1S/C22H18N4O2/c1-27-15-7-9-17-19(11-15)25-21(23-17)13-3-5-14(6-4-13)22-24-18-10-8-16(28-2)12-20(18)26-22/h3-12H,1-2H3,(H,23,25)(H,24,26). The molecule has 0 amide bonds. The summed E-state index contributed by atoms with van der Waals surface area (Å²) in [6, 6.07) is 19.8. The van der Waals surface area contributed by atoms with E-state index in [-0.39, 0.29) is 0 Å². The Hall–Kier alpha value is -3.80. The summed E-state index contributed by atoms with van der Waals surface area (Å²) >= 11 is 0. The molecule has 138 valence electrons. The number of fused-ring (bicyclic) bond motifs is 2. The van der Waals surface area contributed by atoms with Gasteiger partial charge in [0.2, 0.25) is 0 Å². The van der Waals surface area contributed by atoms with E-state index in [1.807, 2.05) is 60.7 Å². The van der Waals surface area contributed by atoms with Crippen LogP contribution in [0.3, 0.4) is 0 Å². The highest BCUT2D eigenvalue weighted by molar-refractivity contribution is 5.82. The van der Waals surface area contributed by atoms with Crippen molar-refractivity contribution in [2.24, 2.45) is 0 Å². The molecule has 0 aliphatic carbocycles. The second kappa shape index (κ2) is 6.42. The van der Waals surface area contributed by atoms with Crippen LogP contribution in [0.25, 0.3) is 44.8 Å². The first-order valence-electron chi connectivity index (χ1n) is 8.92. The van der Waals surface area contributed by atoms with E-state index in [1.165, 1.54) is 0 Å². The van der Waals surface area contributed by atoms with E-state index in [1.54, 1.807) is 14.2 Å². The minimum absolute atomic E-state index is 0.805. The Labute approximate surface area is 161 Å². The van der Waals surface area contributed by atoms with Crippen LogP contribution >= 0.6 is 0 Å². The van der Waals surface area contributed by atoms with E-state index in [4.69, 9.17) is 9.47 Å². The zero-order chi connectivity index (χ0) is 19.1. The van der Waals surface area contributed by atoms with Crippen LogP contribution in [-0.2, 0) is 0 Å². The highest BCUT2D eigenvalue weighted by atomic mass is 16.5. The van der Waals surface area contributed by atoms with Crippen LogP contribution in [0.2, 0.25) is 0 Å². The first-order chi connectivity index (χ1) is 13.7. The van der Waals surface area contributed by atoms with E-state index in [9.17, 15) is 0 Å². The highest BCUT2D eigenvalue weighted by Gasteiger charge is 2.09. The number of nitrogens with zero attached hydrogens (tertiary/aromatic N) is 2. The molecule has 0 unspecified atom stereocenters. The number of methoxy groups -OCH3 is 2. The van der Waals surface area contributed by atoms with Gasteiger partial charge in [0.15, 0.2) is 0 Å². The summed E-state index contributed by atoms with van der Waals surface area (Å²) in [4.78, 5) is 16.0. The van der Waals surface area contributed by atoms with Crippen molar-refractivity contribution < 1.29 is 9.47 Å². The van der Waals surface area contributed by atoms with Crippen molar-refractivity contribution in [2.75, 3.05) is 14.2 Å². The summed E-state index contributed by atoms with van der Waals surface area (Å²) in [5.41, 5.74) is 5.74. The predicted molar refractivity (Wildman–Crippen MR) is 110 cm³/mol. The zero-order valence-electron chi connectivity index (χ0n) is 15.5. The Morgan fingerprint density at radius 2 is 1.04 bits per heavy atom. The molecule has 0 aliphatic heterocycles. The molecule has 6 nitrogen and oxygen atoms in total. The highest BCUT2D eigenvalue weighted by Crippen LogP contribution is 2.27. The lowest BCUT2D eigenvalue weighted by Gasteiger charge is -1.99. The third-order valence-corrected chi connectivity index (χ3v) is 4.81. The molecule has 2 aromatic heterocycles. The molecular weight excluding hydrogens is 352 g/mol. The van der Waals surface area contributed by atoms with Crippen LogP contribution in [-0.4, -0.2) is 34.2 Å². The molecule has 0 saturated heterocycles. The number of nitrogens with one attached hydrogen (secondary N) is 2. The molecule has 0 radical (unpaired) electrons. The topological polar surface area (TPSA) is 75.8 Å². The van der Waals surface area contributed by atoms with Crippen LogP contribution < -0.4 is 9.47 Å². The van der Waals surface area contributed by atoms with Crippen molar-refractivity contribution in [3.05, 3.63) is 60.7 Å². The van der Waals surface area contributed by atoms with Gasteiger partial charge < -0.3 is 19.4 Å². The van der Waals surface area contributed by atoms with Gasteiger partial charge >= 0.3 is 0 Å². The lowest BCUT2D eigenvalue weighted by atomic mass is 10.1. The lowest BCUT2D eigenvalue weighted by Crippen LogP contribution is -1.83. The van der Waals surface area contributed by atoms with Crippen molar-refractivity contribution in [3.63, 3.8) is 0 Å². The second-order valence-electron chi connectivity index (χ2n) is 6.51. The molecule has 2 heterocycles. The van der Waals surface area contributed by atoms with Gasteiger partial charge in [0, 0.05) is 23.3 Å². The Kier molecular flexibility index (Phi) is 3.76. The van der Waals surface area contributed by atoms with E-state index in [0.717, 1.165) is 56.3 Å². The number of benzene rings is 3. The van der Waals surface area contributed by atoms with E-state index in [0.29, 0.717) is 0 Å². The summed E-state index contributed by atoms with van der Waals surface area (Å²) < 4.78 is 10.6. The maximum Gasteiger partial charge on any atom is 0.138 e. The number of H-pyrrole nitrogens is 2. The summed E-state index contributed by atoms with van der Waals surface area (Å²) in [7, 11) is 3.32. The number of hydrogen-bond donors (Lipinski definition) is 2. The molecule has 0 saturated carbocycles. The third kappa shape index (κ3) is 2.75. The molecule has 2 N–H and O–H groups in total. The Balaban J connectivity index is 1.48. The first kappa shape index (κ1) is 16.4. The van der Waals surface area contributed by atoms with Gasteiger partial charge in [-0.3, -0.25) is 0 Å². The van der Waals surface area contributed by atoms with Gasteiger partial charge in [-0.2, -0.15) is 0 Å². The molecule has 0 bridgehead atoms. The van der Waals surface area contributed by atoms with Gasteiger partial charge in [-0.25, -0.2) is 9.97 Å². The molecular formula is C22H18N4O2. The van der Waals surface area contributed by atoms with Crippen molar-refractivity contribution >= 4 is 22.1 Å². The van der Waals surface area contributed by atoms with E-state index >= 15 is 0 Å². The first-order valence-corrected chi connectivity index (χ1v) is 8.92. The van der Waals surface area contributed by atoms with Gasteiger partial charge in [0.1, 0.15) is 23.1 Å². The van der Waals surface area contributed by atoms with E-state index < -0.39 is 0 Å². The SMILES string of the molecule is COc1ccc2nc(-c3ccc(-c4nc5ccc(OC)cc5[nH]4)cc3)[nH]c2c1. The average Bonchev–Trinajstić information content (AvgIpc) is 3.36. The molecule has 0 spiro atoms. The lowest BCUT2D eigenvalue weighted by molar-refractivity contribution is 0.415. The molecule has 0 fully saturated rings. The fourth-order valence-corrected chi connectivity index (χ4v) is 3.29. The molecule has 5 aromatic rings. The fourth-order valence-electron chi connectivity index (χ4n) is 3.29. The normalized spacial score (nSPS) is 11.2. The van der Waals surface area contributed by atoms with Crippen LogP contribution in [0, 0.1) is 0 Å². The molecule has 3 aromatic carbocycles. The van der Waals surface area contributed by atoms with Gasteiger partial charge in [-0.05, 0) is 24.3 Å². The Morgan fingerprint density at radius 3 is 1.43 bits per heavy atom. The fraction of sp³-hybridized carbons (Fsp3) is 0.0909. The number of hydrogen-bond acceptors (Lipinski definition) is 4. The Bertz CT molecular complexity index is 1180. The van der Waals surface area contributed by atoms with Gasteiger partial charge in [0.05, 0.1) is 36.3 Å². The molecule has 5 rings (SSSR count). The molecule has 0 aliphatic rings. The minimum atomic E-state index is 0.805. The Morgan fingerprint density at radius 1 is 0.607 bits per heavy atom. The largest absolute Gasteiger partial charge is 0.497 e. The second-order valence-corrected chi connectivity index (χ2v) is 6.51. The van der Waals surface area contributed by atoms with Gasteiger partial charge in [-0.15, -0.1) is 0 Å². The number of aromatic amines is 2. The van der Waals surface area contributed by atoms with E-state index in [2.05, 4.69) is 19.9 Å². The van der Waals surface area contributed by atoms with Crippen molar-refractivity contribution in [1.29, 1.82) is 0 Å². The predicted octanol–water partition coefficient (Wildman–Crippen LogP) is 4.79. The number of rotatable bonds is 4. The van der Waals surface area contributed by atoms with Crippen LogP contribution in [0.5, 0.6) is 11.5 Å². The number of imidazole rings is 2. The smallest absolute Gasteiger partial charge is 0.138 e. The number of aromatic nitrogens is 4. The monoisotopic (exact) mass is 370 g/mol. The maximum absolute atomic E-state index is 5.28. The summed E-state index contributed by atoms with van der Waals surface area (Å²) in [5, 5.41) is 0. The van der Waals surface area contributed by atoms with Crippen LogP contribution in [0.4, 0.5) is 0 Å². The molecule has 0 atom stereocenters. The molecule has 28 heavy (non-hydrogen) atoms. The zero-order valence-corrected chi connectivity index (χ0v) is 15.5. The van der Waals surface area contributed by atoms with Crippen molar-refractivity contribution in [1.82, 2.24) is 19.9 Å². The van der Waals surface area contributed by atoms with Gasteiger partial charge in [-0.1, -0.05) is 24.3 Å². The summed E-state index contributed by atoms with van der Waals surface area (Å²) in [5.74, 6) is 3.26. The van der Waals surface area contributed by atoms with Gasteiger partial charge in [0.25, 0.3) is 0 Å². The van der Waals surface area contributed by atoms with Crippen LogP contribution in [0.1, 0.15) is 0 Å². The van der Waals surface area contributed by atoms with Crippen LogP contribution in [0.15, 0.2) is 60.7 Å². The summed E-state index contributed by atoms with van der Waals surface area (Å²) in [6.07, 6.45) is 0. The summed E-state index contributed by atoms with van der Waals surface area (Å²) in [6.45, 7) is 0. The molecule has 6 heteroatoms. The third-order valence-electron chi connectivity index (χ3n) is 4.81. The maximum atomic E-state index is 5.28. The minimum Gasteiger partial charge on any atom is -0.497 e. The van der Waals surface area contributed by atoms with Crippen molar-refractivity contribution in [2.45, 2.75) is 0 Å². The average molecular weight is 370 g/mol. The number of ether oxygens (including phenoxy) is 2. The van der Waals surface area contributed by atoms with Crippen molar-refractivity contribution in [3.8, 4) is 34.3 Å². The quantitative estimate of drug-likeness (QED) is 0.477.